The van der Waals surface area contributed by atoms with Gasteiger partial charge in [-0.3, -0.25) is 9.98 Å². The summed E-state index contributed by atoms with van der Waals surface area (Å²) in [6.45, 7) is 9.84. The Morgan fingerprint density at radius 1 is 0.940 bits per heavy atom. The highest BCUT2D eigenvalue weighted by Gasteiger charge is 2.67. The first-order valence-corrected chi connectivity index (χ1v) is 20.7. The predicted molar refractivity (Wildman–Crippen MR) is 201 cm³/mol. The van der Waals surface area contributed by atoms with E-state index in [0.29, 0.717) is 65.5 Å². The van der Waals surface area contributed by atoms with Crippen molar-refractivity contribution >= 4 is 11.9 Å². The fourth-order valence-corrected chi connectivity index (χ4v) is 12.8. The van der Waals surface area contributed by atoms with E-state index in [-0.39, 0.29) is 23.3 Å². The molecule has 282 valence electrons. The number of epoxide rings is 1. The van der Waals surface area contributed by atoms with Crippen LogP contribution in [0, 0.1) is 40.4 Å². The minimum absolute atomic E-state index is 0.0183. The Hall–Kier alpha value is -1.84. The molecule has 12 atom stereocenters. The number of aliphatic hydroxyl groups is 2. The molecule has 50 heavy (non-hydrogen) atoms. The van der Waals surface area contributed by atoms with Crippen LogP contribution in [-0.2, 0) is 4.74 Å². The number of fused-ring (bicyclic) bond motifs is 3. The molecule has 0 aromatic rings. The molecule has 1 heterocycles. The molecule has 9 nitrogen and oxygen atoms in total. The molecule has 0 aromatic heterocycles. The van der Waals surface area contributed by atoms with E-state index in [9.17, 15) is 10.2 Å². The Labute approximate surface area is 302 Å². The van der Waals surface area contributed by atoms with E-state index in [4.69, 9.17) is 27.8 Å². The van der Waals surface area contributed by atoms with Crippen molar-refractivity contribution in [3.8, 4) is 0 Å². The number of aliphatic imine (C=N–C) groups is 2. The molecule has 0 aromatic carbocycles. The quantitative estimate of drug-likeness (QED) is 0.0576. The molecule has 0 bridgehead atoms. The number of nitrogens with zero attached hydrogens (tertiary/aromatic N) is 2. The number of ether oxygens (including phenoxy) is 1. The summed E-state index contributed by atoms with van der Waals surface area (Å²) in [5.74, 6) is 3.91. The molecule has 1 spiro atoms. The average molecular weight is 695 g/mol. The van der Waals surface area contributed by atoms with Gasteiger partial charge in [0.2, 0.25) is 0 Å². The van der Waals surface area contributed by atoms with Gasteiger partial charge in [-0.1, -0.05) is 38.3 Å². The molecule has 9 heteroatoms. The van der Waals surface area contributed by atoms with Crippen molar-refractivity contribution in [2.24, 2.45) is 61.9 Å². The lowest BCUT2D eigenvalue weighted by molar-refractivity contribution is -0.0697. The molecular weight excluding hydrogens is 624 g/mol. The van der Waals surface area contributed by atoms with Gasteiger partial charge in [0.05, 0.1) is 29.5 Å². The summed E-state index contributed by atoms with van der Waals surface area (Å²) in [6.07, 6.45) is 22.8. The van der Waals surface area contributed by atoms with Crippen LogP contribution in [0.2, 0.25) is 0 Å². The largest absolute Gasteiger partial charge is 0.393 e. The third-order valence-corrected chi connectivity index (χ3v) is 15.7. The van der Waals surface area contributed by atoms with Gasteiger partial charge in [0.15, 0.2) is 11.9 Å². The summed E-state index contributed by atoms with van der Waals surface area (Å²) in [7, 11) is 1.73. The fourth-order valence-electron chi connectivity index (χ4n) is 12.8. The van der Waals surface area contributed by atoms with E-state index in [1.54, 1.807) is 7.05 Å². The summed E-state index contributed by atoms with van der Waals surface area (Å²) in [5.41, 5.74) is 14.0. The molecule has 0 amide bonds. The molecule has 1 saturated heterocycles. The average Bonchev–Trinajstić information content (AvgIpc) is 3.38. The van der Waals surface area contributed by atoms with E-state index >= 15 is 0 Å². The molecule has 12 unspecified atom stereocenters. The Balaban J connectivity index is 0.993. The molecule has 0 radical (unpaired) electrons. The minimum Gasteiger partial charge on any atom is -0.393 e. The number of hydrogen-bond donors (Lipinski definition) is 6. The highest BCUT2D eigenvalue weighted by molar-refractivity contribution is 5.81. The zero-order valence-corrected chi connectivity index (χ0v) is 31.6. The van der Waals surface area contributed by atoms with Crippen LogP contribution in [0.25, 0.3) is 0 Å². The molecule has 6 saturated carbocycles. The van der Waals surface area contributed by atoms with E-state index in [0.717, 1.165) is 70.6 Å². The van der Waals surface area contributed by atoms with Gasteiger partial charge >= 0.3 is 0 Å². The Morgan fingerprint density at radius 3 is 2.48 bits per heavy atom. The summed E-state index contributed by atoms with van der Waals surface area (Å²) in [5, 5.41) is 28.5. The van der Waals surface area contributed by atoms with Gasteiger partial charge in [0.25, 0.3) is 0 Å². The topological polar surface area (TPSA) is 154 Å². The number of guanidine groups is 2. The summed E-state index contributed by atoms with van der Waals surface area (Å²) in [4.78, 5) is 9.09. The summed E-state index contributed by atoms with van der Waals surface area (Å²) in [6, 6.07) is 0.322. The van der Waals surface area contributed by atoms with Crippen LogP contribution in [0.15, 0.2) is 22.1 Å². The lowest BCUT2D eigenvalue weighted by Crippen LogP contribution is -2.56. The number of nitrogens with one attached hydrogen (secondary N) is 2. The second-order valence-electron chi connectivity index (χ2n) is 19.0. The van der Waals surface area contributed by atoms with Crippen molar-refractivity contribution in [3.05, 3.63) is 12.2 Å². The zero-order valence-electron chi connectivity index (χ0n) is 31.6. The van der Waals surface area contributed by atoms with Crippen LogP contribution >= 0.6 is 0 Å². The van der Waals surface area contributed by atoms with Crippen molar-refractivity contribution in [1.82, 2.24) is 10.6 Å². The van der Waals surface area contributed by atoms with E-state index < -0.39 is 5.60 Å². The van der Waals surface area contributed by atoms with Crippen molar-refractivity contribution in [1.29, 1.82) is 0 Å². The predicted octanol–water partition coefficient (Wildman–Crippen LogP) is 6.27. The monoisotopic (exact) mass is 695 g/mol. The lowest BCUT2D eigenvalue weighted by atomic mass is 9.46. The maximum Gasteiger partial charge on any atom is 0.190 e. The molecule has 7 rings (SSSR count). The highest BCUT2D eigenvalue weighted by atomic mass is 16.6. The van der Waals surface area contributed by atoms with Gasteiger partial charge in [0.1, 0.15) is 6.17 Å². The third kappa shape index (κ3) is 7.35. The van der Waals surface area contributed by atoms with Gasteiger partial charge in [-0.25, -0.2) is 0 Å². The van der Waals surface area contributed by atoms with Crippen molar-refractivity contribution in [2.75, 3.05) is 7.05 Å². The third-order valence-electron chi connectivity index (χ3n) is 15.7. The first kappa shape index (κ1) is 36.5. The number of rotatable bonds is 8. The first-order chi connectivity index (χ1) is 23.8. The van der Waals surface area contributed by atoms with Crippen molar-refractivity contribution in [2.45, 2.75) is 184 Å². The van der Waals surface area contributed by atoms with Crippen LogP contribution in [0.5, 0.6) is 0 Å². The second-order valence-corrected chi connectivity index (χ2v) is 19.0. The zero-order chi connectivity index (χ0) is 35.3. The van der Waals surface area contributed by atoms with Gasteiger partial charge in [0, 0.05) is 18.9 Å². The molecule has 7 aliphatic rings. The second kappa shape index (κ2) is 14.2. The Kier molecular flexibility index (Phi) is 10.4. The SMILES string of the molecule is C=C1CC2(CCC(CCC3(O)CCCC(O)C3)C2)C2OC2(C)CCC2C1CC2(C)C1CCC(C(NC(N)=NC)NC(N)=NC2CCCCC2)C1. The number of allylic oxidation sites excluding steroid dienone is 1. The number of aliphatic hydroxyl groups excluding tert-OH is 1. The maximum atomic E-state index is 11.2. The summed E-state index contributed by atoms with van der Waals surface area (Å²) < 4.78 is 6.75. The van der Waals surface area contributed by atoms with E-state index in [1.165, 1.54) is 63.4 Å². The number of nitrogens with two attached hydrogens (primary N) is 2. The van der Waals surface area contributed by atoms with Crippen LogP contribution in [0.3, 0.4) is 0 Å². The number of hydrogen-bond acceptors (Lipinski definition) is 5. The van der Waals surface area contributed by atoms with E-state index in [2.05, 4.69) is 29.5 Å². The summed E-state index contributed by atoms with van der Waals surface area (Å²) >= 11 is 0. The standard InChI is InChI=1S/C41H70N6O3/c1-26-22-40(19-14-27(23-40)15-20-41(49)17-8-11-31(48)24-41)35-39(3,50-35)18-16-33-32(26)25-38(33,2)29-13-12-28(21-29)34(46-36(42)44-4)47-37(43)45-30-9-6-5-7-10-30/h27-35,48-49H,1,5-25H2,2-4H3,(H3,42,44,46)(H3,43,45,47). The Bertz CT molecular complexity index is 1300. The van der Waals surface area contributed by atoms with Gasteiger partial charge in [-0.05, 0) is 151 Å². The molecule has 6 aliphatic carbocycles. The first-order valence-electron chi connectivity index (χ1n) is 20.7. The minimum atomic E-state index is -0.680. The fraction of sp³-hybridized carbons (Fsp3) is 0.902. The van der Waals surface area contributed by atoms with Crippen LogP contribution in [-0.4, -0.2) is 64.8 Å². The molecule has 8 N–H and O–H groups in total. The van der Waals surface area contributed by atoms with Crippen molar-refractivity contribution < 1.29 is 14.9 Å². The lowest BCUT2D eigenvalue weighted by Gasteiger charge is -2.58. The van der Waals surface area contributed by atoms with Crippen LogP contribution in [0.1, 0.15) is 149 Å². The van der Waals surface area contributed by atoms with Crippen LogP contribution in [0.4, 0.5) is 0 Å². The van der Waals surface area contributed by atoms with Gasteiger partial charge in [-0.2, -0.15) is 0 Å². The highest BCUT2D eigenvalue weighted by Crippen LogP contribution is 2.69. The molecule has 1 aliphatic heterocycles. The van der Waals surface area contributed by atoms with E-state index in [1.807, 2.05) is 0 Å². The smallest absolute Gasteiger partial charge is 0.190 e. The van der Waals surface area contributed by atoms with Gasteiger partial charge in [-0.15, -0.1) is 0 Å². The van der Waals surface area contributed by atoms with Crippen LogP contribution < -0.4 is 22.1 Å². The normalized spacial score (nSPS) is 46.3. The molecule has 7 fully saturated rings. The van der Waals surface area contributed by atoms with Gasteiger partial charge < -0.3 is 37.1 Å². The Morgan fingerprint density at radius 2 is 1.72 bits per heavy atom. The maximum absolute atomic E-state index is 11.2. The molecular formula is C41H70N6O3. The van der Waals surface area contributed by atoms with Crippen molar-refractivity contribution in [3.63, 3.8) is 0 Å².